The van der Waals surface area contributed by atoms with E-state index in [-0.39, 0.29) is 11.2 Å². The quantitative estimate of drug-likeness (QED) is 0.650. The number of rotatable bonds is 3. The molecule has 1 aromatic rings. The minimum Gasteiger partial charge on any atom is -0.380 e. The number of non-ortho nitro benzene ring substituents is 1. The third kappa shape index (κ3) is 2.96. The number of nitro groups is 1. The van der Waals surface area contributed by atoms with Crippen molar-refractivity contribution >= 4 is 34.6 Å². The van der Waals surface area contributed by atoms with E-state index in [0.717, 1.165) is 19.4 Å². The van der Waals surface area contributed by atoms with E-state index >= 15 is 0 Å². The predicted octanol–water partition coefficient (Wildman–Crippen LogP) is 3.99. The highest BCUT2D eigenvalue weighted by molar-refractivity contribution is 6.39. The highest BCUT2D eigenvalue weighted by atomic mass is 35.5. The summed E-state index contributed by atoms with van der Waals surface area (Å²) in [4.78, 5) is 10.3. The summed E-state index contributed by atoms with van der Waals surface area (Å²) in [7, 11) is 0. The molecule has 0 amide bonds. The van der Waals surface area contributed by atoms with E-state index in [4.69, 9.17) is 23.2 Å². The van der Waals surface area contributed by atoms with Gasteiger partial charge >= 0.3 is 0 Å². The minimum atomic E-state index is -0.491. The van der Waals surface area contributed by atoms with Crippen molar-refractivity contribution in [2.45, 2.75) is 43.7 Å². The van der Waals surface area contributed by atoms with Crippen LogP contribution < -0.4 is 10.6 Å². The van der Waals surface area contributed by atoms with Crippen LogP contribution in [-0.4, -0.2) is 23.0 Å². The van der Waals surface area contributed by atoms with E-state index in [1.54, 1.807) is 0 Å². The maximum Gasteiger partial charge on any atom is 0.272 e. The Morgan fingerprint density at radius 2 is 2.00 bits per heavy atom. The lowest BCUT2D eigenvalue weighted by atomic mass is 9.70. The Morgan fingerprint density at radius 1 is 1.33 bits per heavy atom. The summed E-state index contributed by atoms with van der Waals surface area (Å²) < 4.78 is 0. The summed E-state index contributed by atoms with van der Waals surface area (Å²) in [6.45, 7) is 0.972. The molecule has 1 saturated carbocycles. The fourth-order valence-electron chi connectivity index (χ4n) is 3.27. The smallest absolute Gasteiger partial charge is 0.272 e. The molecule has 1 heterocycles. The average Bonchev–Trinajstić information content (AvgIpc) is 2.41. The van der Waals surface area contributed by atoms with Crippen molar-refractivity contribution in [3.05, 3.63) is 32.3 Å². The molecule has 0 radical (unpaired) electrons. The average molecular weight is 330 g/mol. The highest BCUT2D eigenvalue weighted by Crippen LogP contribution is 2.41. The largest absolute Gasteiger partial charge is 0.380 e. The number of nitrogens with zero attached hydrogens (tertiary/aromatic N) is 1. The molecule has 0 bridgehead atoms. The summed E-state index contributed by atoms with van der Waals surface area (Å²) in [5.74, 6) is 0. The molecule has 2 N–H and O–H groups in total. The molecule has 1 spiro atoms. The molecule has 1 aliphatic heterocycles. The molecule has 1 atom stereocenters. The van der Waals surface area contributed by atoms with Gasteiger partial charge in [0.1, 0.15) is 0 Å². The Kier molecular flexibility index (Phi) is 3.99. The topological polar surface area (TPSA) is 67.2 Å². The van der Waals surface area contributed by atoms with Gasteiger partial charge in [-0.1, -0.05) is 23.2 Å². The van der Waals surface area contributed by atoms with Gasteiger partial charge in [-0.15, -0.1) is 0 Å². The van der Waals surface area contributed by atoms with Crippen LogP contribution in [0, 0.1) is 10.1 Å². The molecular weight excluding hydrogens is 313 g/mol. The first kappa shape index (κ1) is 14.9. The van der Waals surface area contributed by atoms with Crippen LogP contribution in [0.2, 0.25) is 10.0 Å². The normalized spacial score (nSPS) is 23.6. The van der Waals surface area contributed by atoms with Gasteiger partial charge in [-0.25, -0.2) is 0 Å². The molecule has 7 heteroatoms. The molecule has 1 unspecified atom stereocenters. The molecule has 0 aromatic heterocycles. The third-order valence-electron chi connectivity index (χ3n) is 4.53. The second kappa shape index (κ2) is 5.63. The van der Waals surface area contributed by atoms with Crippen LogP contribution in [0.25, 0.3) is 0 Å². The van der Waals surface area contributed by atoms with Crippen LogP contribution in [0.1, 0.15) is 32.1 Å². The van der Waals surface area contributed by atoms with Gasteiger partial charge in [0, 0.05) is 23.7 Å². The molecule has 114 valence electrons. The SMILES string of the molecule is O=[N+]([O-])c1cc(Cl)c(NC2CCNC3(CCC3)C2)c(Cl)c1. The van der Waals surface area contributed by atoms with Gasteiger partial charge in [-0.3, -0.25) is 10.1 Å². The molecule has 21 heavy (non-hydrogen) atoms. The summed E-state index contributed by atoms with van der Waals surface area (Å²) in [6, 6.07) is 2.98. The molecule has 1 aromatic carbocycles. The van der Waals surface area contributed by atoms with Crippen LogP contribution in [-0.2, 0) is 0 Å². The molecular formula is C14H17Cl2N3O2. The number of piperidine rings is 1. The maximum absolute atomic E-state index is 10.8. The second-order valence-electron chi connectivity index (χ2n) is 5.94. The number of hydrogen-bond donors (Lipinski definition) is 2. The fourth-order valence-corrected chi connectivity index (χ4v) is 3.86. The van der Waals surface area contributed by atoms with E-state index in [9.17, 15) is 10.1 Å². The third-order valence-corrected chi connectivity index (χ3v) is 5.12. The number of anilines is 1. The Bertz CT molecular complexity index is 552. The predicted molar refractivity (Wildman–Crippen MR) is 84.3 cm³/mol. The Hall–Kier alpha value is -1.04. The van der Waals surface area contributed by atoms with Crippen molar-refractivity contribution in [2.24, 2.45) is 0 Å². The van der Waals surface area contributed by atoms with Crippen molar-refractivity contribution in [3.8, 4) is 0 Å². The van der Waals surface area contributed by atoms with Gasteiger partial charge in [0.2, 0.25) is 0 Å². The summed E-state index contributed by atoms with van der Waals surface area (Å²) in [5.41, 5.74) is 0.789. The molecule has 5 nitrogen and oxygen atoms in total. The first-order valence-corrected chi connectivity index (χ1v) is 7.90. The van der Waals surface area contributed by atoms with Gasteiger partial charge in [0.05, 0.1) is 20.7 Å². The zero-order valence-corrected chi connectivity index (χ0v) is 13.0. The summed E-state index contributed by atoms with van der Waals surface area (Å²) in [5, 5.41) is 18.4. The zero-order valence-electron chi connectivity index (χ0n) is 11.5. The van der Waals surface area contributed by atoms with Gasteiger partial charge in [-0.2, -0.15) is 0 Å². The van der Waals surface area contributed by atoms with E-state index in [0.29, 0.717) is 21.8 Å². The molecule has 1 aliphatic carbocycles. The van der Waals surface area contributed by atoms with Gasteiger partial charge in [0.25, 0.3) is 5.69 Å². The molecule has 2 aliphatic rings. The van der Waals surface area contributed by atoms with Crippen LogP contribution >= 0.6 is 23.2 Å². The van der Waals surface area contributed by atoms with Crippen LogP contribution in [0.4, 0.5) is 11.4 Å². The van der Waals surface area contributed by atoms with Gasteiger partial charge < -0.3 is 10.6 Å². The van der Waals surface area contributed by atoms with Crippen molar-refractivity contribution < 1.29 is 4.92 Å². The summed E-state index contributed by atoms with van der Waals surface area (Å²) >= 11 is 12.3. The minimum absolute atomic E-state index is 0.0867. The van der Waals surface area contributed by atoms with Crippen molar-refractivity contribution in [2.75, 3.05) is 11.9 Å². The lowest BCUT2D eigenvalue weighted by Crippen LogP contribution is -2.58. The van der Waals surface area contributed by atoms with Crippen molar-refractivity contribution in [3.63, 3.8) is 0 Å². The fraction of sp³-hybridized carbons (Fsp3) is 0.571. The Labute approximate surface area is 133 Å². The lowest BCUT2D eigenvalue weighted by Gasteiger charge is -2.48. The van der Waals surface area contributed by atoms with Crippen molar-refractivity contribution in [1.82, 2.24) is 5.32 Å². The van der Waals surface area contributed by atoms with E-state index in [2.05, 4.69) is 10.6 Å². The first-order chi connectivity index (χ1) is 9.99. The number of halogens is 2. The van der Waals surface area contributed by atoms with E-state index < -0.39 is 4.92 Å². The molecule has 1 saturated heterocycles. The van der Waals surface area contributed by atoms with Crippen molar-refractivity contribution in [1.29, 1.82) is 0 Å². The number of benzene rings is 1. The number of nitro benzene ring substituents is 1. The highest BCUT2D eigenvalue weighted by Gasteiger charge is 2.41. The Balaban J connectivity index is 1.76. The standard InChI is InChI=1S/C14H17Cl2N3O2/c15-11-6-10(19(20)21)7-12(16)13(11)18-9-2-5-17-14(8-9)3-1-4-14/h6-7,9,17-18H,1-5,8H2. The van der Waals surface area contributed by atoms with E-state index in [1.165, 1.54) is 31.4 Å². The van der Waals surface area contributed by atoms with E-state index in [1.807, 2.05) is 0 Å². The lowest BCUT2D eigenvalue weighted by molar-refractivity contribution is -0.384. The van der Waals surface area contributed by atoms with Gasteiger partial charge in [0.15, 0.2) is 0 Å². The zero-order chi connectivity index (χ0) is 15.0. The maximum atomic E-state index is 10.8. The van der Waals surface area contributed by atoms with Crippen LogP contribution in [0.5, 0.6) is 0 Å². The van der Waals surface area contributed by atoms with Crippen LogP contribution in [0.15, 0.2) is 12.1 Å². The second-order valence-corrected chi connectivity index (χ2v) is 6.75. The number of nitrogens with one attached hydrogen (secondary N) is 2. The monoisotopic (exact) mass is 329 g/mol. The molecule has 2 fully saturated rings. The number of hydrogen-bond acceptors (Lipinski definition) is 4. The molecule has 3 rings (SSSR count). The van der Waals surface area contributed by atoms with Crippen LogP contribution in [0.3, 0.4) is 0 Å². The first-order valence-electron chi connectivity index (χ1n) is 7.14. The summed E-state index contributed by atoms with van der Waals surface area (Å²) in [6.07, 6.45) is 5.74. The van der Waals surface area contributed by atoms with Gasteiger partial charge in [-0.05, 0) is 38.6 Å². The Morgan fingerprint density at radius 3 is 2.52 bits per heavy atom.